The Bertz CT molecular complexity index is 135. The first-order valence-corrected chi connectivity index (χ1v) is 5.39. The number of nitrogens with two attached hydrogens (primary N) is 1. The van der Waals surface area contributed by atoms with Crippen LogP contribution in [-0.2, 0) is 24.3 Å². The number of carbonyl (C=O) groups excluding carboxylic acids is 1. The van der Waals surface area contributed by atoms with Crippen LogP contribution in [-0.4, -0.2) is 16.9 Å². The molecule has 5 heteroatoms. The molecular weight excluding hydrogens is 256 g/mol. The minimum Gasteiger partial charge on any atom is -0.370 e. The van der Waals surface area contributed by atoms with Crippen molar-refractivity contribution in [1.82, 2.24) is 0 Å². The van der Waals surface area contributed by atoms with Crippen LogP contribution in [0.5, 0.6) is 0 Å². The number of amides is 1. The van der Waals surface area contributed by atoms with E-state index in [0.29, 0.717) is 11.7 Å². The van der Waals surface area contributed by atoms with Gasteiger partial charge in [-0.2, -0.15) is 25.3 Å². The smallest absolute Gasteiger partial charge is 0.217 e. The Morgan fingerprint density at radius 1 is 1.31 bits per heavy atom. The fraction of sp³-hybridized carbons (Fsp3) is 0.875. The van der Waals surface area contributed by atoms with Crippen LogP contribution < -0.4 is 5.73 Å². The van der Waals surface area contributed by atoms with Gasteiger partial charge in [-0.05, 0) is 25.0 Å². The second-order valence-electron chi connectivity index (χ2n) is 2.88. The summed E-state index contributed by atoms with van der Waals surface area (Å²) in [6, 6.07) is 0. The van der Waals surface area contributed by atoms with Gasteiger partial charge in [0, 0.05) is 31.1 Å². The van der Waals surface area contributed by atoms with Crippen LogP contribution in [0.1, 0.15) is 32.1 Å². The first-order chi connectivity index (χ1) is 5.66. The van der Waals surface area contributed by atoms with Crippen LogP contribution in [0.15, 0.2) is 0 Å². The Hall–Kier alpha value is 0.793. The van der Waals surface area contributed by atoms with Crippen molar-refractivity contribution in [3.05, 3.63) is 0 Å². The maximum atomic E-state index is 10.4. The Kier molecular flexibility index (Phi) is 13.6. The summed E-state index contributed by atoms with van der Waals surface area (Å²) < 4.78 is 0. The van der Waals surface area contributed by atoms with Gasteiger partial charge in [0.25, 0.3) is 0 Å². The minimum atomic E-state index is -0.208. The molecule has 1 unspecified atom stereocenters. The molecule has 0 saturated carbocycles. The number of rotatable bonds is 7. The van der Waals surface area contributed by atoms with E-state index >= 15 is 0 Å². The van der Waals surface area contributed by atoms with Gasteiger partial charge in [0.05, 0.1) is 0 Å². The van der Waals surface area contributed by atoms with Gasteiger partial charge in [-0.3, -0.25) is 4.79 Å². The summed E-state index contributed by atoms with van der Waals surface area (Å²) in [6.45, 7) is 0. The third-order valence-electron chi connectivity index (χ3n) is 1.67. The fourth-order valence-electron chi connectivity index (χ4n) is 0.973. The van der Waals surface area contributed by atoms with E-state index in [0.717, 1.165) is 31.4 Å². The summed E-state index contributed by atoms with van der Waals surface area (Å²) in [5, 5.41) is 0.426. The number of unbranched alkanes of at least 4 members (excludes halogenated alkanes) is 1. The first kappa shape index (κ1) is 16.2. The van der Waals surface area contributed by atoms with E-state index in [1.807, 2.05) is 0 Å². The SMILES string of the molecule is NC(=O)CCCCC(S)CCS.[Zn]. The van der Waals surface area contributed by atoms with E-state index < -0.39 is 0 Å². The van der Waals surface area contributed by atoms with Crippen LogP contribution in [0.4, 0.5) is 0 Å². The average Bonchev–Trinajstić information content (AvgIpc) is 1.98. The normalized spacial score (nSPS) is 11.8. The molecule has 0 aliphatic carbocycles. The van der Waals surface area contributed by atoms with E-state index in [4.69, 9.17) is 5.73 Å². The standard InChI is InChI=1S/C8H17NOS2.Zn/c9-8(10)4-2-1-3-7(12)5-6-11;/h7,11-12H,1-6H2,(H2,9,10);. The molecule has 0 heterocycles. The molecule has 0 bridgehead atoms. The maximum absolute atomic E-state index is 10.4. The Balaban J connectivity index is 0. The van der Waals surface area contributed by atoms with Crippen molar-refractivity contribution in [2.75, 3.05) is 5.75 Å². The third-order valence-corrected chi connectivity index (χ3v) is 2.45. The van der Waals surface area contributed by atoms with Gasteiger partial charge >= 0.3 is 0 Å². The zero-order chi connectivity index (χ0) is 9.40. The van der Waals surface area contributed by atoms with Crippen molar-refractivity contribution in [3.63, 3.8) is 0 Å². The Labute approximate surface area is 104 Å². The number of thiol groups is 2. The van der Waals surface area contributed by atoms with Gasteiger partial charge in [0.1, 0.15) is 0 Å². The quantitative estimate of drug-likeness (QED) is 0.368. The summed E-state index contributed by atoms with van der Waals surface area (Å²) in [5.74, 6) is 0.671. The summed E-state index contributed by atoms with van der Waals surface area (Å²) in [5.41, 5.74) is 5.00. The van der Waals surface area contributed by atoms with E-state index in [2.05, 4.69) is 25.3 Å². The molecule has 2 nitrogen and oxygen atoms in total. The number of carbonyl (C=O) groups is 1. The van der Waals surface area contributed by atoms with Crippen LogP contribution in [0.25, 0.3) is 0 Å². The van der Waals surface area contributed by atoms with Gasteiger partial charge in [-0.15, -0.1) is 0 Å². The van der Waals surface area contributed by atoms with Crippen LogP contribution in [0.2, 0.25) is 0 Å². The Morgan fingerprint density at radius 3 is 2.38 bits per heavy atom. The molecule has 0 saturated heterocycles. The van der Waals surface area contributed by atoms with Crippen LogP contribution >= 0.6 is 25.3 Å². The molecular formula is C8H17NOS2Zn. The summed E-state index contributed by atoms with van der Waals surface area (Å²) in [7, 11) is 0. The molecule has 0 aromatic carbocycles. The van der Waals surface area contributed by atoms with Crippen molar-refractivity contribution in [1.29, 1.82) is 0 Å². The number of hydrogen-bond acceptors (Lipinski definition) is 3. The zero-order valence-electron chi connectivity index (χ0n) is 7.91. The summed E-state index contributed by atoms with van der Waals surface area (Å²) >= 11 is 8.48. The van der Waals surface area contributed by atoms with E-state index in [-0.39, 0.29) is 25.4 Å². The van der Waals surface area contributed by atoms with Crippen molar-refractivity contribution in [2.45, 2.75) is 37.4 Å². The third kappa shape index (κ3) is 12.8. The molecule has 1 atom stereocenters. The molecule has 74 valence electrons. The van der Waals surface area contributed by atoms with Gasteiger partial charge in [0.15, 0.2) is 0 Å². The van der Waals surface area contributed by atoms with Gasteiger partial charge < -0.3 is 5.73 Å². The minimum absolute atomic E-state index is 0. The number of primary amides is 1. The molecule has 1 amide bonds. The van der Waals surface area contributed by atoms with Crippen molar-refractivity contribution >= 4 is 31.2 Å². The van der Waals surface area contributed by atoms with Gasteiger partial charge in [-0.25, -0.2) is 0 Å². The predicted molar refractivity (Wildman–Crippen MR) is 58.9 cm³/mol. The van der Waals surface area contributed by atoms with Crippen molar-refractivity contribution < 1.29 is 24.3 Å². The topological polar surface area (TPSA) is 43.1 Å². The maximum Gasteiger partial charge on any atom is 0.217 e. The van der Waals surface area contributed by atoms with E-state index in [1.54, 1.807) is 0 Å². The molecule has 0 aliphatic rings. The molecule has 0 fully saturated rings. The fourth-order valence-corrected chi connectivity index (χ4v) is 1.80. The molecule has 13 heavy (non-hydrogen) atoms. The van der Waals surface area contributed by atoms with Gasteiger partial charge in [0.2, 0.25) is 5.91 Å². The summed E-state index contributed by atoms with van der Waals surface area (Å²) in [4.78, 5) is 10.4. The zero-order valence-corrected chi connectivity index (χ0v) is 12.7. The van der Waals surface area contributed by atoms with Crippen LogP contribution in [0.3, 0.4) is 0 Å². The van der Waals surface area contributed by atoms with E-state index in [1.165, 1.54) is 0 Å². The largest absolute Gasteiger partial charge is 0.370 e. The average molecular weight is 273 g/mol. The molecule has 0 aromatic heterocycles. The Morgan fingerprint density at radius 2 is 1.92 bits per heavy atom. The predicted octanol–water partition coefficient (Wildman–Crippen LogP) is 1.65. The second kappa shape index (κ2) is 10.9. The molecule has 0 spiro atoms. The van der Waals surface area contributed by atoms with Gasteiger partial charge in [-0.1, -0.05) is 6.42 Å². The first-order valence-electron chi connectivity index (χ1n) is 4.24. The molecule has 0 rings (SSSR count). The number of hydrogen-bond donors (Lipinski definition) is 3. The summed E-state index contributed by atoms with van der Waals surface area (Å²) in [6.07, 6.45) is 4.50. The monoisotopic (exact) mass is 271 g/mol. The van der Waals surface area contributed by atoms with E-state index in [9.17, 15) is 4.79 Å². The second-order valence-corrected chi connectivity index (χ2v) is 4.06. The molecule has 0 aromatic rings. The van der Waals surface area contributed by atoms with Crippen LogP contribution in [0, 0.1) is 0 Å². The molecule has 2 N–H and O–H groups in total. The molecule has 0 aliphatic heterocycles. The van der Waals surface area contributed by atoms with Crippen molar-refractivity contribution in [3.8, 4) is 0 Å². The molecule has 0 radical (unpaired) electrons. The van der Waals surface area contributed by atoms with Crippen molar-refractivity contribution in [2.24, 2.45) is 5.73 Å².